The number of thiazole rings is 1. The maximum Gasteiger partial charge on any atom is 0.343 e. The second-order valence-corrected chi connectivity index (χ2v) is 11.8. The van der Waals surface area contributed by atoms with Crippen molar-refractivity contribution in [3.05, 3.63) is 100 Å². The van der Waals surface area contributed by atoms with Crippen LogP contribution in [0.15, 0.2) is 93.5 Å². The molecule has 1 aliphatic carbocycles. The smallest absolute Gasteiger partial charge is 0.343 e. The molecule has 0 spiro atoms. The summed E-state index contributed by atoms with van der Waals surface area (Å²) in [6, 6.07) is 23.3. The zero-order valence-electron chi connectivity index (χ0n) is 21.2. The molecule has 1 aromatic heterocycles. The van der Waals surface area contributed by atoms with E-state index in [1.54, 1.807) is 48.5 Å². The Labute approximate surface area is 227 Å². The topological polar surface area (TPSA) is 77.7 Å². The summed E-state index contributed by atoms with van der Waals surface area (Å²) in [5, 5.41) is 1.97. The molecule has 8 heteroatoms. The molecule has 1 heterocycles. The van der Waals surface area contributed by atoms with E-state index < -0.39 is 16.0 Å². The van der Waals surface area contributed by atoms with Gasteiger partial charge in [0.15, 0.2) is 0 Å². The van der Waals surface area contributed by atoms with Crippen molar-refractivity contribution in [2.24, 2.45) is 4.40 Å². The minimum Gasteiger partial charge on any atom is -0.423 e. The van der Waals surface area contributed by atoms with Gasteiger partial charge in [-0.05, 0) is 78.9 Å². The molecule has 6 nitrogen and oxygen atoms in total. The minimum atomic E-state index is -3.86. The lowest BCUT2D eigenvalue weighted by Crippen LogP contribution is -2.25. The van der Waals surface area contributed by atoms with Crippen LogP contribution in [0.5, 0.6) is 5.75 Å². The average molecular weight is 547 g/mol. The van der Waals surface area contributed by atoms with Crippen molar-refractivity contribution in [3.63, 3.8) is 0 Å². The van der Waals surface area contributed by atoms with Crippen molar-refractivity contribution < 1.29 is 17.9 Å². The molecule has 0 N–H and O–H groups in total. The highest BCUT2D eigenvalue weighted by molar-refractivity contribution is 7.90. The van der Waals surface area contributed by atoms with E-state index in [1.165, 1.54) is 17.8 Å². The first-order chi connectivity index (χ1) is 18.4. The molecule has 196 valence electrons. The molecule has 38 heavy (non-hydrogen) atoms. The molecule has 0 unspecified atom stereocenters. The molecule has 1 fully saturated rings. The highest BCUT2D eigenvalue weighted by Gasteiger charge is 2.22. The predicted octanol–water partition coefficient (Wildman–Crippen LogP) is 6.79. The lowest BCUT2D eigenvalue weighted by molar-refractivity contribution is 0.0734. The summed E-state index contributed by atoms with van der Waals surface area (Å²) in [5.74, 6) is 0.0366. The molecule has 1 aliphatic rings. The molecule has 0 bridgehead atoms. The molecule has 0 saturated heterocycles. The molecule has 0 amide bonds. The number of esters is 1. The quantitative estimate of drug-likeness (QED) is 0.189. The molecule has 3 aromatic carbocycles. The third-order valence-electron chi connectivity index (χ3n) is 6.88. The van der Waals surface area contributed by atoms with Gasteiger partial charge in [0, 0.05) is 11.4 Å². The molecule has 0 radical (unpaired) electrons. The van der Waals surface area contributed by atoms with Crippen molar-refractivity contribution >= 4 is 27.3 Å². The van der Waals surface area contributed by atoms with Gasteiger partial charge in [-0.2, -0.15) is 8.42 Å². The summed E-state index contributed by atoms with van der Waals surface area (Å²) >= 11 is 1.34. The molecule has 4 aromatic rings. The SMILES string of the molecule is CCc1ccc(S(=O)(=O)/N=c2/scc(-c3ccc(OC(=O)c4ccccc4)cc3)n2C2CCCCC2)cc1. The highest BCUT2D eigenvalue weighted by Crippen LogP contribution is 2.33. The summed E-state index contributed by atoms with van der Waals surface area (Å²) in [7, 11) is -3.86. The number of carbonyl (C=O) groups is 1. The van der Waals surface area contributed by atoms with Crippen molar-refractivity contribution in [2.45, 2.75) is 56.4 Å². The third kappa shape index (κ3) is 5.81. The van der Waals surface area contributed by atoms with Gasteiger partial charge < -0.3 is 9.30 Å². The summed E-state index contributed by atoms with van der Waals surface area (Å²) in [5.41, 5.74) is 3.40. The summed E-state index contributed by atoms with van der Waals surface area (Å²) in [4.78, 5) is 13.1. The van der Waals surface area contributed by atoms with E-state index in [-0.39, 0.29) is 10.9 Å². The van der Waals surface area contributed by atoms with Gasteiger partial charge in [-0.25, -0.2) is 4.79 Å². The Hall–Kier alpha value is -3.49. The van der Waals surface area contributed by atoms with Gasteiger partial charge in [-0.3, -0.25) is 0 Å². The zero-order chi connectivity index (χ0) is 26.5. The van der Waals surface area contributed by atoms with Crippen LogP contribution in [0, 0.1) is 0 Å². The Morgan fingerprint density at radius 3 is 2.29 bits per heavy atom. The molecule has 5 rings (SSSR count). The van der Waals surface area contributed by atoms with Crippen LogP contribution >= 0.6 is 11.3 Å². The minimum absolute atomic E-state index is 0.178. The maximum absolute atomic E-state index is 13.2. The van der Waals surface area contributed by atoms with E-state index in [4.69, 9.17) is 4.74 Å². The van der Waals surface area contributed by atoms with Crippen molar-refractivity contribution in [1.29, 1.82) is 0 Å². The van der Waals surface area contributed by atoms with Crippen LogP contribution in [0.3, 0.4) is 0 Å². The first-order valence-electron chi connectivity index (χ1n) is 12.9. The van der Waals surface area contributed by atoms with Crippen LogP contribution in [0.1, 0.15) is 61.0 Å². The fraction of sp³-hybridized carbons (Fsp3) is 0.267. The van der Waals surface area contributed by atoms with Crippen LogP contribution in [-0.4, -0.2) is 19.0 Å². The average Bonchev–Trinajstić information content (AvgIpc) is 3.37. The Bertz CT molecular complexity index is 1560. The fourth-order valence-electron chi connectivity index (χ4n) is 4.78. The highest BCUT2D eigenvalue weighted by atomic mass is 32.2. The summed E-state index contributed by atoms with van der Waals surface area (Å²) in [6.07, 6.45) is 6.20. The number of aryl methyl sites for hydroxylation is 1. The van der Waals surface area contributed by atoms with Gasteiger partial charge in [-0.15, -0.1) is 15.7 Å². The molecular weight excluding hydrogens is 516 g/mol. The Balaban J connectivity index is 1.48. The van der Waals surface area contributed by atoms with Gasteiger partial charge in [0.1, 0.15) is 5.75 Å². The van der Waals surface area contributed by atoms with E-state index in [0.29, 0.717) is 16.1 Å². The monoisotopic (exact) mass is 546 g/mol. The third-order valence-corrected chi connectivity index (χ3v) is 9.12. The van der Waals surface area contributed by atoms with Crippen LogP contribution in [0.25, 0.3) is 11.3 Å². The fourth-order valence-corrected chi connectivity index (χ4v) is 6.95. The molecule has 1 saturated carbocycles. The van der Waals surface area contributed by atoms with E-state index >= 15 is 0 Å². The number of sulfonamides is 1. The largest absolute Gasteiger partial charge is 0.423 e. The summed E-state index contributed by atoms with van der Waals surface area (Å²) < 4.78 is 38.4. The van der Waals surface area contributed by atoms with Gasteiger partial charge in [-0.1, -0.05) is 56.5 Å². The number of benzene rings is 3. The Morgan fingerprint density at radius 2 is 1.63 bits per heavy atom. The standard InChI is InChI=1S/C30H30N2O4S2/c1-2-22-13-19-27(20-14-22)38(34,35)31-30-32(25-11-7-4-8-12-25)28(21-37-30)23-15-17-26(18-16-23)36-29(33)24-9-5-3-6-10-24/h3,5-6,9-10,13-21,25H,2,4,7-8,11-12H2,1H3/b31-30+. The van der Waals surface area contributed by atoms with Gasteiger partial charge in [0.25, 0.3) is 10.0 Å². The first kappa shape index (κ1) is 26.1. The second-order valence-electron chi connectivity index (χ2n) is 9.41. The molecular formula is C30H30N2O4S2. The van der Waals surface area contributed by atoms with Crippen LogP contribution in [0.4, 0.5) is 0 Å². The number of rotatable bonds is 7. The van der Waals surface area contributed by atoms with Gasteiger partial charge in [0.2, 0.25) is 4.80 Å². The lowest BCUT2D eigenvalue weighted by Gasteiger charge is -2.25. The van der Waals surface area contributed by atoms with E-state index in [1.807, 2.05) is 42.6 Å². The van der Waals surface area contributed by atoms with Crippen molar-refractivity contribution in [3.8, 4) is 17.0 Å². The zero-order valence-corrected chi connectivity index (χ0v) is 22.9. The van der Waals surface area contributed by atoms with E-state index in [2.05, 4.69) is 8.96 Å². The number of ether oxygens (including phenoxy) is 1. The van der Waals surface area contributed by atoms with E-state index in [0.717, 1.165) is 48.9 Å². The normalized spacial score (nSPS) is 14.9. The van der Waals surface area contributed by atoms with Gasteiger partial charge in [0.05, 0.1) is 16.2 Å². The molecule has 0 aliphatic heterocycles. The predicted molar refractivity (Wildman–Crippen MR) is 150 cm³/mol. The number of carbonyl (C=O) groups excluding carboxylic acids is 1. The van der Waals surface area contributed by atoms with Gasteiger partial charge >= 0.3 is 5.97 Å². The number of hydrogen-bond acceptors (Lipinski definition) is 5. The second kappa shape index (κ2) is 11.5. The van der Waals surface area contributed by atoms with Crippen LogP contribution < -0.4 is 9.54 Å². The van der Waals surface area contributed by atoms with E-state index in [9.17, 15) is 13.2 Å². The Kier molecular flexibility index (Phi) is 7.90. The van der Waals surface area contributed by atoms with Crippen molar-refractivity contribution in [2.75, 3.05) is 0 Å². The molecule has 0 atom stereocenters. The first-order valence-corrected chi connectivity index (χ1v) is 15.2. The number of nitrogens with zero attached hydrogens (tertiary/aromatic N) is 2. The number of hydrogen-bond donors (Lipinski definition) is 0. The van der Waals surface area contributed by atoms with Crippen LogP contribution in [-0.2, 0) is 16.4 Å². The number of aromatic nitrogens is 1. The summed E-state index contributed by atoms with van der Waals surface area (Å²) in [6.45, 7) is 2.04. The van der Waals surface area contributed by atoms with Crippen molar-refractivity contribution in [1.82, 2.24) is 4.57 Å². The van der Waals surface area contributed by atoms with Crippen LogP contribution in [0.2, 0.25) is 0 Å². The lowest BCUT2D eigenvalue weighted by atomic mass is 9.95. The Morgan fingerprint density at radius 1 is 0.947 bits per heavy atom. The maximum atomic E-state index is 13.2.